The number of fused-ring (bicyclic) bond motifs is 1. The van der Waals surface area contributed by atoms with E-state index in [4.69, 9.17) is 9.72 Å². The normalized spacial score (nSPS) is 17.8. The van der Waals surface area contributed by atoms with E-state index < -0.39 is 6.10 Å². The molecular formula is C26H30N4O2. The van der Waals surface area contributed by atoms with Crippen LogP contribution in [0, 0.1) is 12.3 Å². The fraction of sp³-hybridized carbons (Fsp3) is 0.385. The van der Waals surface area contributed by atoms with Gasteiger partial charge in [-0.2, -0.15) is 0 Å². The van der Waals surface area contributed by atoms with Crippen molar-refractivity contribution >= 4 is 5.91 Å². The Kier molecular flexibility index (Phi) is 6.21. The molecule has 3 aromatic rings. The van der Waals surface area contributed by atoms with E-state index in [1.807, 2.05) is 56.4 Å². The number of ether oxygens (including phenoxy) is 1. The molecule has 0 radical (unpaired) electrons. The summed E-state index contributed by atoms with van der Waals surface area (Å²) < 4.78 is 6.07. The molecule has 4 rings (SSSR count). The molecule has 2 atom stereocenters. The van der Waals surface area contributed by atoms with Gasteiger partial charge in [0.15, 0.2) is 11.9 Å². The highest BCUT2D eigenvalue weighted by molar-refractivity contribution is 5.81. The molecule has 1 N–H and O–H groups in total. The third-order valence-electron chi connectivity index (χ3n) is 5.96. The van der Waals surface area contributed by atoms with Crippen LogP contribution in [0.1, 0.15) is 56.5 Å². The average molecular weight is 431 g/mol. The zero-order valence-corrected chi connectivity index (χ0v) is 19.1. The predicted octanol–water partition coefficient (Wildman–Crippen LogP) is 4.83. The molecule has 166 valence electrons. The molecule has 0 aliphatic heterocycles. The molecule has 6 nitrogen and oxygen atoms in total. The van der Waals surface area contributed by atoms with Crippen LogP contribution < -0.4 is 10.1 Å². The molecule has 1 aliphatic rings. The largest absolute Gasteiger partial charge is 0.480 e. The minimum atomic E-state index is -0.554. The van der Waals surface area contributed by atoms with Gasteiger partial charge in [0.05, 0.1) is 11.7 Å². The van der Waals surface area contributed by atoms with Crippen molar-refractivity contribution in [2.45, 2.75) is 59.1 Å². The number of hydrogen-bond acceptors (Lipinski definition) is 5. The maximum Gasteiger partial charge on any atom is 0.261 e. The predicted molar refractivity (Wildman–Crippen MR) is 124 cm³/mol. The van der Waals surface area contributed by atoms with E-state index in [1.54, 1.807) is 12.4 Å². The lowest BCUT2D eigenvalue weighted by atomic mass is 9.74. The topological polar surface area (TPSA) is 77.0 Å². The fourth-order valence-corrected chi connectivity index (χ4v) is 4.24. The molecule has 32 heavy (non-hydrogen) atoms. The Morgan fingerprint density at radius 2 is 1.97 bits per heavy atom. The van der Waals surface area contributed by atoms with Gasteiger partial charge >= 0.3 is 0 Å². The molecule has 0 unspecified atom stereocenters. The van der Waals surface area contributed by atoms with Crippen LogP contribution in [0.25, 0.3) is 11.4 Å². The summed E-state index contributed by atoms with van der Waals surface area (Å²) in [5.74, 6) is 1.31. The van der Waals surface area contributed by atoms with Crippen molar-refractivity contribution in [3.63, 3.8) is 0 Å². The maximum absolute atomic E-state index is 13.2. The number of amides is 1. The van der Waals surface area contributed by atoms with Crippen LogP contribution in [-0.2, 0) is 11.2 Å². The second-order valence-corrected chi connectivity index (χ2v) is 9.22. The minimum absolute atomic E-state index is 0.00734. The van der Waals surface area contributed by atoms with Crippen molar-refractivity contribution in [3.05, 3.63) is 71.8 Å². The molecule has 1 amide bonds. The first-order chi connectivity index (χ1) is 15.4. The lowest BCUT2D eigenvalue weighted by Gasteiger charge is -2.37. The quantitative estimate of drug-likeness (QED) is 0.606. The van der Waals surface area contributed by atoms with Gasteiger partial charge in [-0.05, 0) is 55.4 Å². The fourth-order valence-electron chi connectivity index (χ4n) is 4.24. The van der Waals surface area contributed by atoms with Gasteiger partial charge in [0.1, 0.15) is 5.75 Å². The SMILES string of the molecule is CC[C@@H](Oc1ccccc1C)C(=O)N[C@H]1CC(C)(C)Cc2nc(-c3ccncc3)ncc21. The highest BCUT2D eigenvalue weighted by Crippen LogP contribution is 2.40. The molecule has 0 fully saturated rings. The molecule has 0 saturated heterocycles. The van der Waals surface area contributed by atoms with Crippen LogP contribution in [0.5, 0.6) is 5.75 Å². The lowest BCUT2D eigenvalue weighted by molar-refractivity contribution is -0.129. The number of hydrogen-bond donors (Lipinski definition) is 1. The summed E-state index contributed by atoms with van der Waals surface area (Å²) in [6.07, 6.45) is 7.04. The molecule has 0 bridgehead atoms. The number of aromatic nitrogens is 3. The molecular weight excluding hydrogens is 400 g/mol. The number of carbonyl (C=O) groups is 1. The Hall–Kier alpha value is -3.28. The van der Waals surface area contributed by atoms with Crippen LogP contribution in [0.2, 0.25) is 0 Å². The van der Waals surface area contributed by atoms with E-state index >= 15 is 0 Å². The Morgan fingerprint density at radius 3 is 2.69 bits per heavy atom. The monoisotopic (exact) mass is 430 g/mol. The summed E-state index contributed by atoms with van der Waals surface area (Å²) in [6, 6.07) is 11.4. The van der Waals surface area contributed by atoms with Crippen molar-refractivity contribution in [2.75, 3.05) is 0 Å². The first-order valence-electron chi connectivity index (χ1n) is 11.1. The third-order valence-corrected chi connectivity index (χ3v) is 5.96. The van der Waals surface area contributed by atoms with Gasteiger partial charge in [-0.3, -0.25) is 9.78 Å². The standard InChI is InChI=1S/C26H30N4O2/c1-5-22(32-23-9-7-6-8-17(23)2)25(31)30-21-15-26(3,4)14-20-19(21)16-28-24(29-20)18-10-12-27-13-11-18/h6-13,16,21-22H,5,14-15H2,1-4H3,(H,30,31)/t21-,22+/m0/s1. The number of benzene rings is 1. The highest BCUT2D eigenvalue weighted by Gasteiger charge is 2.35. The molecule has 0 spiro atoms. The van der Waals surface area contributed by atoms with Crippen LogP contribution in [0.15, 0.2) is 55.0 Å². The highest BCUT2D eigenvalue weighted by atomic mass is 16.5. The number of pyridine rings is 1. The zero-order valence-electron chi connectivity index (χ0n) is 19.1. The smallest absolute Gasteiger partial charge is 0.261 e. The summed E-state index contributed by atoms with van der Waals surface area (Å²) in [5, 5.41) is 3.23. The number of nitrogens with one attached hydrogen (secondary N) is 1. The van der Waals surface area contributed by atoms with Crippen LogP contribution in [-0.4, -0.2) is 27.0 Å². The van der Waals surface area contributed by atoms with Crippen molar-refractivity contribution < 1.29 is 9.53 Å². The minimum Gasteiger partial charge on any atom is -0.480 e. The third kappa shape index (κ3) is 4.79. The van der Waals surface area contributed by atoms with Gasteiger partial charge in [0.25, 0.3) is 5.91 Å². The summed E-state index contributed by atoms with van der Waals surface area (Å²) in [4.78, 5) is 26.7. The second kappa shape index (κ2) is 9.07. The van der Waals surface area contributed by atoms with Gasteiger partial charge in [-0.15, -0.1) is 0 Å². The lowest BCUT2D eigenvalue weighted by Crippen LogP contribution is -2.43. The van der Waals surface area contributed by atoms with E-state index in [9.17, 15) is 4.79 Å². The zero-order chi connectivity index (χ0) is 22.7. The molecule has 1 aromatic carbocycles. The molecule has 2 aromatic heterocycles. The molecule has 1 aliphatic carbocycles. The van der Waals surface area contributed by atoms with E-state index in [0.717, 1.165) is 41.0 Å². The van der Waals surface area contributed by atoms with Gasteiger partial charge in [0.2, 0.25) is 0 Å². The Labute approximate surface area is 189 Å². The van der Waals surface area contributed by atoms with Crippen molar-refractivity contribution in [2.24, 2.45) is 5.41 Å². The Morgan fingerprint density at radius 1 is 1.22 bits per heavy atom. The molecule has 2 heterocycles. The summed E-state index contributed by atoms with van der Waals surface area (Å²) in [7, 11) is 0. The van der Waals surface area contributed by atoms with Gasteiger partial charge in [0, 0.05) is 29.7 Å². The first kappa shape index (κ1) is 21.9. The van der Waals surface area contributed by atoms with Gasteiger partial charge < -0.3 is 10.1 Å². The van der Waals surface area contributed by atoms with E-state index in [-0.39, 0.29) is 17.4 Å². The number of para-hydroxylation sites is 1. The first-order valence-corrected chi connectivity index (χ1v) is 11.1. The maximum atomic E-state index is 13.2. The summed E-state index contributed by atoms with van der Waals surface area (Å²) in [5.41, 5.74) is 3.93. The van der Waals surface area contributed by atoms with E-state index in [0.29, 0.717) is 12.2 Å². The van der Waals surface area contributed by atoms with Crippen LogP contribution in [0.4, 0.5) is 0 Å². The van der Waals surface area contributed by atoms with Crippen LogP contribution >= 0.6 is 0 Å². The Bertz CT molecular complexity index is 1100. The second-order valence-electron chi connectivity index (χ2n) is 9.22. The Balaban J connectivity index is 1.57. The summed E-state index contributed by atoms with van der Waals surface area (Å²) in [6.45, 7) is 8.37. The van der Waals surface area contributed by atoms with Crippen molar-refractivity contribution in [3.8, 4) is 17.1 Å². The van der Waals surface area contributed by atoms with Gasteiger partial charge in [-0.1, -0.05) is 39.0 Å². The molecule has 6 heteroatoms. The average Bonchev–Trinajstić information content (AvgIpc) is 2.78. The van der Waals surface area contributed by atoms with Gasteiger partial charge in [-0.25, -0.2) is 9.97 Å². The van der Waals surface area contributed by atoms with Crippen LogP contribution in [0.3, 0.4) is 0 Å². The molecule has 0 saturated carbocycles. The summed E-state index contributed by atoms with van der Waals surface area (Å²) >= 11 is 0. The van der Waals surface area contributed by atoms with Crippen molar-refractivity contribution in [1.29, 1.82) is 0 Å². The van der Waals surface area contributed by atoms with E-state index in [1.165, 1.54) is 0 Å². The number of nitrogens with zero attached hydrogens (tertiary/aromatic N) is 3. The number of aryl methyl sites for hydroxylation is 1. The number of rotatable bonds is 6. The number of carbonyl (C=O) groups excluding carboxylic acids is 1. The van der Waals surface area contributed by atoms with Crippen molar-refractivity contribution in [1.82, 2.24) is 20.3 Å². The van der Waals surface area contributed by atoms with E-state index in [2.05, 4.69) is 29.1 Å².